The number of amides is 1. The van der Waals surface area contributed by atoms with Crippen LogP contribution >= 0.6 is 0 Å². The highest BCUT2D eigenvalue weighted by Gasteiger charge is 2.26. The van der Waals surface area contributed by atoms with Crippen molar-refractivity contribution in [2.75, 3.05) is 37.7 Å². The van der Waals surface area contributed by atoms with E-state index < -0.39 is 9.84 Å². The number of hydrogen-bond donors (Lipinski definition) is 0. The zero-order valence-electron chi connectivity index (χ0n) is 17.7. The summed E-state index contributed by atoms with van der Waals surface area (Å²) in [5, 5.41) is 2.01. The molecule has 162 valence electrons. The first-order valence-electron chi connectivity index (χ1n) is 10.7. The Labute approximate surface area is 178 Å². The Kier molecular flexibility index (Phi) is 6.02. The topological polar surface area (TPSA) is 66.9 Å². The van der Waals surface area contributed by atoms with E-state index >= 15 is 0 Å². The van der Waals surface area contributed by atoms with Crippen LogP contribution in [0, 0.1) is 0 Å². The Morgan fingerprint density at radius 1 is 0.967 bits per heavy atom. The predicted molar refractivity (Wildman–Crippen MR) is 119 cm³/mol. The third kappa shape index (κ3) is 4.78. The number of sulfone groups is 1. The number of carbonyl (C=O) groups is 1. The second-order valence-electron chi connectivity index (χ2n) is 8.61. The molecule has 1 amide bonds. The Hall–Kier alpha value is -2.12. The third-order valence-corrected chi connectivity index (χ3v) is 7.81. The minimum Gasteiger partial charge on any atom is -0.490 e. The van der Waals surface area contributed by atoms with E-state index in [0.29, 0.717) is 11.6 Å². The van der Waals surface area contributed by atoms with Crippen LogP contribution in [-0.4, -0.2) is 74.0 Å². The van der Waals surface area contributed by atoms with Crippen LogP contribution in [0.4, 0.5) is 0 Å². The van der Waals surface area contributed by atoms with E-state index in [9.17, 15) is 13.2 Å². The minimum absolute atomic E-state index is 0.0448. The van der Waals surface area contributed by atoms with Gasteiger partial charge >= 0.3 is 0 Å². The molecule has 4 rings (SSSR count). The maximum Gasteiger partial charge on any atom is 0.253 e. The molecule has 2 heterocycles. The molecule has 0 aromatic heterocycles. The maximum atomic E-state index is 12.8. The molecular weight excluding hydrogens is 400 g/mol. The number of benzene rings is 2. The fraction of sp³-hybridized carbons (Fsp3) is 0.522. The average molecular weight is 431 g/mol. The molecule has 0 bridgehead atoms. The molecule has 7 heteroatoms. The predicted octanol–water partition coefficient (Wildman–Crippen LogP) is 2.96. The standard InChI is InChI=1S/C23H30N2O4S/c1-17(2)24-9-7-21(8-10-24)29-22-6-5-18-15-20(4-3-19(18)16-22)23(26)25-11-13-30(27,28)14-12-25/h3-6,15-17,21H,7-14H2,1-2H3. The van der Waals surface area contributed by atoms with Gasteiger partial charge in [0.25, 0.3) is 5.91 Å². The van der Waals surface area contributed by atoms with Gasteiger partial charge in [-0.25, -0.2) is 8.42 Å². The summed E-state index contributed by atoms with van der Waals surface area (Å²) in [6.45, 7) is 7.13. The van der Waals surface area contributed by atoms with Crippen molar-refractivity contribution in [2.45, 2.75) is 38.8 Å². The molecule has 2 saturated heterocycles. The van der Waals surface area contributed by atoms with Crippen LogP contribution in [0.25, 0.3) is 10.8 Å². The Morgan fingerprint density at radius 2 is 1.60 bits per heavy atom. The highest BCUT2D eigenvalue weighted by atomic mass is 32.2. The quantitative estimate of drug-likeness (QED) is 0.746. The highest BCUT2D eigenvalue weighted by Crippen LogP contribution is 2.26. The molecule has 0 spiro atoms. The van der Waals surface area contributed by atoms with Crippen LogP contribution in [0.5, 0.6) is 5.75 Å². The van der Waals surface area contributed by atoms with Crippen LogP contribution in [0.3, 0.4) is 0 Å². The summed E-state index contributed by atoms with van der Waals surface area (Å²) < 4.78 is 29.4. The number of rotatable bonds is 4. The molecule has 2 aromatic carbocycles. The van der Waals surface area contributed by atoms with Gasteiger partial charge in [-0.05, 0) is 61.7 Å². The molecule has 2 aliphatic rings. The first kappa shape index (κ1) is 21.1. The number of fused-ring (bicyclic) bond motifs is 1. The average Bonchev–Trinajstić information content (AvgIpc) is 2.73. The van der Waals surface area contributed by atoms with Crippen molar-refractivity contribution < 1.29 is 17.9 Å². The smallest absolute Gasteiger partial charge is 0.253 e. The second-order valence-corrected chi connectivity index (χ2v) is 10.9. The van der Waals surface area contributed by atoms with Gasteiger partial charge in [-0.2, -0.15) is 0 Å². The van der Waals surface area contributed by atoms with E-state index in [-0.39, 0.29) is 36.6 Å². The molecule has 2 aliphatic heterocycles. The van der Waals surface area contributed by atoms with Gasteiger partial charge in [0.15, 0.2) is 9.84 Å². The zero-order valence-corrected chi connectivity index (χ0v) is 18.5. The summed E-state index contributed by atoms with van der Waals surface area (Å²) in [6, 6.07) is 12.2. The first-order chi connectivity index (χ1) is 14.3. The largest absolute Gasteiger partial charge is 0.490 e. The summed E-state index contributed by atoms with van der Waals surface area (Å²) in [4.78, 5) is 16.9. The molecule has 0 saturated carbocycles. The maximum absolute atomic E-state index is 12.8. The lowest BCUT2D eigenvalue weighted by molar-refractivity contribution is 0.0770. The van der Waals surface area contributed by atoms with Gasteiger partial charge in [0.1, 0.15) is 11.9 Å². The van der Waals surface area contributed by atoms with Gasteiger partial charge in [0, 0.05) is 37.8 Å². The third-order valence-electron chi connectivity index (χ3n) is 6.20. The molecule has 2 fully saturated rings. The van der Waals surface area contributed by atoms with E-state index in [2.05, 4.69) is 18.7 Å². The zero-order chi connectivity index (χ0) is 21.3. The number of carbonyl (C=O) groups excluding carboxylic acids is 1. The lowest BCUT2D eigenvalue weighted by Crippen LogP contribution is -2.43. The van der Waals surface area contributed by atoms with Gasteiger partial charge in [-0.15, -0.1) is 0 Å². The summed E-state index contributed by atoms with van der Waals surface area (Å²) >= 11 is 0. The van der Waals surface area contributed by atoms with Gasteiger partial charge < -0.3 is 14.5 Å². The van der Waals surface area contributed by atoms with Crippen molar-refractivity contribution in [3.8, 4) is 5.75 Å². The SMILES string of the molecule is CC(C)N1CCC(Oc2ccc3cc(C(=O)N4CCS(=O)(=O)CC4)ccc3c2)CC1. The lowest BCUT2D eigenvalue weighted by atomic mass is 10.0. The molecule has 6 nitrogen and oxygen atoms in total. The van der Waals surface area contributed by atoms with Crippen LogP contribution in [0.1, 0.15) is 37.0 Å². The van der Waals surface area contributed by atoms with Gasteiger partial charge in [-0.3, -0.25) is 4.79 Å². The van der Waals surface area contributed by atoms with Crippen molar-refractivity contribution in [2.24, 2.45) is 0 Å². The molecule has 30 heavy (non-hydrogen) atoms. The van der Waals surface area contributed by atoms with Gasteiger partial charge in [-0.1, -0.05) is 12.1 Å². The van der Waals surface area contributed by atoms with Crippen molar-refractivity contribution >= 4 is 26.5 Å². The fourth-order valence-electron chi connectivity index (χ4n) is 4.23. The number of nitrogens with zero attached hydrogens (tertiary/aromatic N) is 2. The van der Waals surface area contributed by atoms with Crippen molar-refractivity contribution in [1.82, 2.24) is 9.80 Å². The molecule has 0 atom stereocenters. The van der Waals surface area contributed by atoms with Crippen LogP contribution < -0.4 is 4.74 Å². The molecule has 0 aliphatic carbocycles. The number of likely N-dealkylation sites (tertiary alicyclic amines) is 1. The monoisotopic (exact) mass is 430 g/mol. The Bertz CT molecular complexity index is 1010. The number of piperidine rings is 1. The number of ether oxygens (including phenoxy) is 1. The van der Waals surface area contributed by atoms with Gasteiger partial charge in [0.05, 0.1) is 11.5 Å². The van der Waals surface area contributed by atoms with E-state index in [1.54, 1.807) is 4.90 Å². The van der Waals surface area contributed by atoms with E-state index in [0.717, 1.165) is 42.5 Å². The molecule has 0 unspecified atom stereocenters. The van der Waals surface area contributed by atoms with E-state index in [1.165, 1.54) is 0 Å². The minimum atomic E-state index is -3.00. The Balaban J connectivity index is 1.42. The van der Waals surface area contributed by atoms with Crippen LogP contribution in [0.15, 0.2) is 36.4 Å². The molecule has 2 aromatic rings. The molecular formula is C23H30N2O4S. The normalized spacial score (nSPS) is 20.6. The van der Waals surface area contributed by atoms with E-state index in [1.807, 2.05) is 36.4 Å². The fourth-order valence-corrected chi connectivity index (χ4v) is 5.43. The second kappa shape index (κ2) is 8.55. The van der Waals surface area contributed by atoms with Crippen molar-refractivity contribution in [1.29, 1.82) is 0 Å². The van der Waals surface area contributed by atoms with Crippen molar-refractivity contribution in [3.05, 3.63) is 42.0 Å². The summed E-state index contributed by atoms with van der Waals surface area (Å²) in [5.41, 5.74) is 0.594. The summed E-state index contributed by atoms with van der Waals surface area (Å²) in [7, 11) is -3.00. The van der Waals surface area contributed by atoms with Crippen LogP contribution in [-0.2, 0) is 9.84 Å². The summed E-state index contributed by atoms with van der Waals surface area (Å²) in [5.74, 6) is 0.849. The van der Waals surface area contributed by atoms with Gasteiger partial charge in [0.2, 0.25) is 0 Å². The van der Waals surface area contributed by atoms with E-state index in [4.69, 9.17) is 4.74 Å². The lowest BCUT2D eigenvalue weighted by Gasteiger charge is -2.34. The highest BCUT2D eigenvalue weighted by molar-refractivity contribution is 7.91. The molecule has 0 radical (unpaired) electrons. The first-order valence-corrected chi connectivity index (χ1v) is 12.6. The Morgan fingerprint density at radius 3 is 2.27 bits per heavy atom. The van der Waals surface area contributed by atoms with Crippen molar-refractivity contribution in [3.63, 3.8) is 0 Å². The van der Waals surface area contributed by atoms with Crippen LogP contribution in [0.2, 0.25) is 0 Å². The molecule has 0 N–H and O–H groups in total. The summed E-state index contributed by atoms with van der Waals surface area (Å²) in [6.07, 6.45) is 2.32. The number of hydrogen-bond acceptors (Lipinski definition) is 5.